The summed E-state index contributed by atoms with van der Waals surface area (Å²) in [4.78, 5) is 30.5. The highest BCUT2D eigenvalue weighted by atomic mass is 35.5. The fourth-order valence-corrected chi connectivity index (χ4v) is 5.00. The van der Waals surface area contributed by atoms with E-state index in [0.29, 0.717) is 41.8 Å². The second kappa shape index (κ2) is 9.39. The molecule has 1 aromatic heterocycles. The monoisotopic (exact) mass is 504 g/mol. The first kappa shape index (κ1) is 24.2. The summed E-state index contributed by atoms with van der Waals surface area (Å²) in [6.07, 6.45) is 1.94. The van der Waals surface area contributed by atoms with Gasteiger partial charge < -0.3 is 14.7 Å². The van der Waals surface area contributed by atoms with Crippen LogP contribution in [0.3, 0.4) is 0 Å². The van der Waals surface area contributed by atoms with Crippen LogP contribution in [0.5, 0.6) is 5.75 Å². The van der Waals surface area contributed by atoms with Crippen molar-refractivity contribution >= 4 is 46.0 Å². The van der Waals surface area contributed by atoms with E-state index in [-0.39, 0.29) is 22.5 Å². The fourth-order valence-electron chi connectivity index (χ4n) is 4.33. The number of carboxylic acid groups (broad SMARTS) is 1. The molecule has 2 heterocycles. The van der Waals surface area contributed by atoms with E-state index in [0.717, 1.165) is 5.39 Å². The molecule has 1 aliphatic rings. The topological polar surface area (TPSA) is 79.7 Å². The van der Waals surface area contributed by atoms with Gasteiger partial charge in [-0.1, -0.05) is 23.2 Å². The number of carbonyl (C=O) groups is 2. The normalized spacial score (nSPS) is 19.1. The summed E-state index contributed by atoms with van der Waals surface area (Å²) in [5.74, 6) is -1.26. The number of aliphatic carboxylic acids is 1. The first-order valence-corrected chi connectivity index (χ1v) is 11.6. The van der Waals surface area contributed by atoms with E-state index in [9.17, 15) is 19.1 Å². The number of halogens is 3. The van der Waals surface area contributed by atoms with Crippen LogP contribution < -0.4 is 4.74 Å². The average Bonchev–Trinajstić information content (AvgIpc) is 2.77. The van der Waals surface area contributed by atoms with Crippen LogP contribution in [0.1, 0.15) is 26.7 Å². The Balaban J connectivity index is 1.57. The lowest BCUT2D eigenvalue weighted by atomic mass is 9.82. The molecule has 6 nitrogen and oxygen atoms in total. The number of ether oxygens (including phenoxy) is 1. The molecular formula is C25H23Cl2FN2O4. The molecule has 2 atom stereocenters. The number of benzene rings is 2. The van der Waals surface area contributed by atoms with Crippen molar-refractivity contribution in [3.05, 3.63) is 58.5 Å². The van der Waals surface area contributed by atoms with E-state index in [1.165, 1.54) is 12.1 Å². The van der Waals surface area contributed by atoms with Gasteiger partial charge in [-0.15, -0.1) is 0 Å². The molecule has 0 bridgehead atoms. The van der Waals surface area contributed by atoms with Gasteiger partial charge in [0, 0.05) is 36.3 Å². The van der Waals surface area contributed by atoms with Gasteiger partial charge in [-0.2, -0.15) is 0 Å². The molecule has 34 heavy (non-hydrogen) atoms. The molecule has 0 aliphatic carbocycles. The number of hydrogen-bond acceptors (Lipinski definition) is 4. The molecule has 4 rings (SSSR count). The molecule has 178 valence electrons. The third kappa shape index (κ3) is 4.68. The summed E-state index contributed by atoms with van der Waals surface area (Å²) >= 11 is 12.5. The van der Waals surface area contributed by atoms with Crippen molar-refractivity contribution in [3.63, 3.8) is 0 Å². The Morgan fingerprint density at radius 3 is 2.59 bits per heavy atom. The van der Waals surface area contributed by atoms with Crippen molar-refractivity contribution in [2.24, 2.45) is 5.41 Å². The Labute approximate surface area is 206 Å². The molecule has 1 amide bonds. The smallest absolute Gasteiger partial charge is 0.311 e. The molecule has 0 radical (unpaired) electrons. The van der Waals surface area contributed by atoms with E-state index in [2.05, 4.69) is 4.98 Å². The number of fused-ring (bicyclic) bond motifs is 1. The molecule has 0 spiro atoms. The molecular weight excluding hydrogens is 482 g/mol. The van der Waals surface area contributed by atoms with Crippen LogP contribution in [0.25, 0.3) is 22.0 Å². The summed E-state index contributed by atoms with van der Waals surface area (Å²) in [5.41, 5.74) is 0.820. The van der Waals surface area contributed by atoms with Crippen LogP contribution in [-0.4, -0.2) is 46.1 Å². The molecule has 1 saturated heterocycles. The number of piperidine rings is 1. The zero-order valence-electron chi connectivity index (χ0n) is 18.6. The number of nitrogens with zero attached hydrogens (tertiary/aromatic N) is 2. The summed E-state index contributed by atoms with van der Waals surface area (Å²) in [5, 5.41) is 10.6. The zero-order chi connectivity index (χ0) is 24.6. The lowest BCUT2D eigenvalue weighted by Crippen LogP contribution is -2.51. The predicted molar refractivity (Wildman–Crippen MR) is 129 cm³/mol. The average molecular weight is 505 g/mol. The van der Waals surface area contributed by atoms with Crippen LogP contribution in [0.15, 0.2) is 42.6 Å². The van der Waals surface area contributed by atoms with Crippen molar-refractivity contribution < 1.29 is 23.8 Å². The number of pyridine rings is 1. The molecule has 0 saturated carbocycles. The number of carboxylic acids is 1. The van der Waals surface area contributed by atoms with E-state index in [1.54, 1.807) is 49.2 Å². The quantitative estimate of drug-likeness (QED) is 0.472. The van der Waals surface area contributed by atoms with Crippen molar-refractivity contribution in [2.75, 3.05) is 13.1 Å². The third-order valence-electron chi connectivity index (χ3n) is 6.18. The second-order valence-electron chi connectivity index (χ2n) is 8.77. The molecule has 1 N–H and O–H groups in total. The maximum absolute atomic E-state index is 13.6. The third-order valence-corrected chi connectivity index (χ3v) is 6.77. The Morgan fingerprint density at radius 1 is 1.21 bits per heavy atom. The number of likely N-dealkylation sites (tertiary alicyclic amines) is 1. The molecule has 9 heteroatoms. The van der Waals surface area contributed by atoms with Gasteiger partial charge in [0.25, 0.3) is 5.91 Å². The molecule has 0 unspecified atom stereocenters. The van der Waals surface area contributed by atoms with E-state index >= 15 is 0 Å². The zero-order valence-corrected chi connectivity index (χ0v) is 20.2. The highest BCUT2D eigenvalue weighted by Crippen LogP contribution is 2.39. The maximum Gasteiger partial charge on any atom is 0.311 e. The highest BCUT2D eigenvalue weighted by Gasteiger charge is 2.40. The Hall–Kier alpha value is -2.90. The van der Waals surface area contributed by atoms with E-state index in [4.69, 9.17) is 27.9 Å². The number of hydrogen-bond donors (Lipinski definition) is 1. The van der Waals surface area contributed by atoms with Gasteiger partial charge in [-0.25, -0.2) is 4.39 Å². The van der Waals surface area contributed by atoms with Crippen LogP contribution in [0, 0.1) is 11.2 Å². The van der Waals surface area contributed by atoms with E-state index in [1.807, 2.05) is 0 Å². The standard InChI is InChI=1S/C25H23Cl2FN2O4/c1-14(23(31)30-9-3-7-25(2,13-30)24(32)33)34-16-4-5-17-18(6-8-29-21(17)12-16)22-19(26)10-15(28)11-20(22)27/h4-6,8,10-12,14H,3,7,9,13H2,1-2H3,(H,32,33)/t14-,25-/m1/s1. The summed E-state index contributed by atoms with van der Waals surface area (Å²) in [7, 11) is 0. The Kier molecular flexibility index (Phi) is 6.69. The maximum atomic E-state index is 13.6. The number of amides is 1. The summed E-state index contributed by atoms with van der Waals surface area (Å²) in [6, 6.07) is 9.34. The molecule has 3 aromatic rings. The number of aromatic nitrogens is 1. The first-order valence-electron chi connectivity index (χ1n) is 10.8. The van der Waals surface area contributed by atoms with Crippen molar-refractivity contribution in [1.82, 2.24) is 9.88 Å². The SMILES string of the molecule is C[C@@H](Oc1ccc2c(-c3c(Cl)cc(F)cc3Cl)ccnc2c1)C(=O)N1CCC[C@@](C)(C(=O)O)C1. The highest BCUT2D eigenvalue weighted by molar-refractivity contribution is 6.39. The van der Waals surface area contributed by atoms with Crippen molar-refractivity contribution in [2.45, 2.75) is 32.8 Å². The van der Waals surface area contributed by atoms with Crippen LogP contribution in [0.2, 0.25) is 10.0 Å². The van der Waals surface area contributed by atoms with Crippen molar-refractivity contribution in [1.29, 1.82) is 0 Å². The van der Waals surface area contributed by atoms with Gasteiger partial charge in [0.2, 0.25) is 0 Å². The second-order valence-corrected chi connectivity index (χ2v) is 9.59. The number of carbonyl (C=O) groups excluding carboxylic acids is 1. The minimum absolute atomic E-state index is 0.149. The minimum atomic E-state index is -0.959. The fraction of sp³-hybridized carbons (Fsp3) is 0.320. The van der Waals surface area contributed by atoms with Gasteiger partial charge in [0.05, 0.1) is 21.0 Å². The van der Waals surface area contributed by atoms with Crippen LogP contribution in [0.4, 0.5) is 4.39 Å². The Morgan fingerprint density at radius 2 is 1.91 bits per heavy atom. The van der Waals surface area contributed by atoms with Gasteiger partial charge in [-0.3, -0.25) is 14.6 Å². The first-order chi connectivity index (χ1) is 16.1. The van der Waals surface area contributed by atoms with Gasteiger partial charge in [-0.05, 0) is 62.6 Å². The summed E-state index contributed by atoms with van der Waals surface area (Å²) in [6.45, 7) is 3.95. The minimum Gasteiger partial charge on any atom is -0.481 e. The molecule has 2 aromatic carbocycles. The molecule has 1 aliphatic heterocycles. The van der Waals surface area contributed by atoms with Gasteiger partial charge >= 0.3 is 5.97 Å². The van der Waals surface area contributed by atoms with Gasteiger partial charge in [0.1, 0.15) is 11.6 Å². The lowest BCUT2D eigenvalue weighted by molar-refractivity contribution is -0.155. The Bertz CT molecular complexity index is 1260. The molecule has 1 fully saturated rings. The predicted octanol–water partition coefficient (Wildman–Crippen LogP) is 5.83. The van der Waals surface area contributed by atoms with Crippen molar-refractivity contribution in [3.8, 4) is 16.9 Å². The van der Waals surface area contributed by atoms with Gasteiger partial charge in [0.15, 0.2) is 6.10 Å². The largest absolute Gasteiger partial charge is 0.481 e. The van der Waals surface area contributed by atoms with E-state index < -0.39 is 23.3 Å². The number of rotatable bonds is 5. The summed E-state index contributed by atoms with van der Waals surface area (Å²) < 4.78 is 19.5. The van der Waals surface area contributed by atoms with Crippen LogP contribution in [-0.2, 0) is 9.59 Å². The lowest BCUT2D eigenvalue weighted by Gasteiger charge is -2.38. The van der Waals surface area contributed by atoms with Crippen LogP contribution >= 0.6 is 23.2 Å².